The molecular formula is C19H25N3O3. The molecule has 2 atom stereocenters. The molecule has 1 aromatic heterocycles. The van der Waals surface area contributed by atoms with E-state index in [0.29, 0.717) is 31.4 Å². The highest BCUT2D eigenvalue weighted by Gasteiger charge is 2.38. The van der Waals surface area contributed by atoms with E-state index >= 15 is 0 Å². The summed E-state index contributed by atoms with van der Waals surface area (Å²) < 4.78 is 11.4. The number of hydrogen-bond acceptors (Lipinski definition) is 5. The molecule has 1 aromatic carbocycles. The van der Waals surface area contributed by atoms with Gasteiger partial charge in [-0.2, -0.15) is 0 Å². The maximum Gasteiger partial charge on any atom is 0.224 e. The Balaban J connectivity index is 1.86. The van der Waals surface area contributed by atoms with Crippen LogP contribution in [-0.4, -0.2) is 45.8 Å². The van der Waals surface area contributed by atoms with Gasteiger partial charge in [0.25, 0.3) is 0 Å². The average Bonchev–Trinajstić information content (AvgIpc) is 3.01. The van der Waals surface area contributed by atoms with E-state index in [2.05, 4.69) is 10.2 Å². The van der Waals surface area contributed by atoms with Crippen LogP contribution < -0.4 is 0 Å². The normalized spacial score (nSPS) is 21.1. The van der Waals surface area contributed by atoms with E-state index in [1.54, 1.807) is 6.92 Å². The fraction of sp³-hybridized carbons (Fsp3) is 0.526. The summed E-state index contributed by atoms with van der Waals surface area (Å²) in [5.74, 6) is 0.813. The molecule has 0 bridgehead atoms. The van der Waals surface area contributed by atoms with E-state index in [0.717, 1.165) is 5.56 Å². The van der Waals surface area contributed by atoms with Gasteiger partial charge in [-0.25, -0.2) is 0 Å². The predicted molar refractivity (Wildman–Crippen MR) is 93.1 cm³/mol. The van der Waals surface area contributed by atoms with Gasteiger partial charge >= 0.3 is 0 Å². The van der Waals surface area contributed by atoms with E-state index in [-0.39, 0.29) is 23.5 Å². The van der Waals surface area contributed by atoms with Crippen LogP contribution in [-0.2, 0) is 9.53 Å². The van der Waals surface area contributed by atoms with Gasteiger partial charge in [-0.3, -0.25) is 4.79 Å². The van der Waals surface area contributed by atoms with E-state index < -0.39 is 0 Å². The molecule has 0 aliphatic carbocycles. The number of rotatable bonds is 4. The Kier molecular flexibility index (Phi) is 4.90. The molecule has 1 saturated heterocycles. The van der Waals surface area contributed by atoms with Crippen molar-refractivity contribution in [3.05, 3.63) is 47.7 Å². The van der Waals surface area contributed by atoms with Gasteiger partial charge in [-0.05, 0) is 26.3 Å². The standard InChI is InChI=1S/C19H25N3O3/c1-13-11-22(19(3,4)12-24-13)17(23)10-16(15-8-6-5-7-9-15)18-21-20-14(2)25-18/h5-9,13,16H,10-12H2,1-4H3. The van der Waals surface area contributed by atoms with Crippen molar-refractivity contribution in [1.82, 2.24) is 15.1 Å². The zero-order valence-electron chi connectivity index (χ0n) is 15.2. The van der Waals surface area contributed by atoms with Crippen molar-refractivity contribution in [2.45, 2.75) is 51.7 Å². The van der Waals surface area contributed by atoms with Crippen LogP contribution >= 0.6 is 0 Å². The van der Waals surface area contributed by atoms with Crippen molar-refractivity contribution >= 4 is 5.91 Å². The minimum atomic E-state index is -0.324. The van der Waals surface area contributed by atoms with Gasteiger partial charge in [0.2, 0.25) is 17.7 Å². The summed E-state index contributed by atoms with van der Waals surface area (Å²) in [6, 6.07) is 9.84. The Labute approximate surface area is 148 Å². The van der Waals surface area contributed by atoms with Gasteiger partial charge < -0.3 is 14.1 Å². The lowest BCUT2D eigenvalue weighted by Gasteiger charge is -2.45. The molecule has 6 nitrogen and oxygen atoms in total. The number of aryl methyl sites for hydroxylation is 1. The van der Waals surface area contributed by atoms with Gasteiger partial charge in [0, 0.05) is 19.9 Å². The van der Waals surface area contributed by atoms with Gasteiger partial charge in [0.15, 0.2) is 0 Å². The van der Waals surface area contributed by atoms with Crippen molar-refractivity contribution in [2.24, 2.45) is 0 Å². The minimum Gasteiger partial charge on any atom is -0.425 e. The lowest BCUT2D eigenvalue weighted by atomic mass is 9.93. The summed E-state index contributed by atoms with van der Waals surface area (Å²) >= 11 is 0. The van der Waals surface area contributed by atoms with E-state index in [4.69, 9.17) is 9.15 Å². The van der Waals surface area contributed by atoms with Crippen molar-refractivity contribution in [3.8, 4) is 0 Å². The molecule has 2 unspecified atom stereocenters. The average molecular weight is 343 g/mol. The van der Waals surface area contributed by atoms with E-state index in [1.807, 2.05) is 56.0 Å². The number of aromatic nitrogens is 2. The highest BCUT2D eigenvalue weighted by atomic mass is 16.5. The molecule has 134 valence electrons. The molecule has 6 heteroatoms. The smallest absolute Gasteiger partial charge is 0.224 e. The quantitative estimate of drug-likeness (QED) is 0.854. The first-order valence-electron chi connectivity index (χ1n) is 8.64. The van der Waals surface area contributed by atoms with Crippen molar-refractivity contribution in [2.75, 3.05) is 13.2 Å². The molecule has 1 fully saturated rings. The highest BCUT2D eigenvalue weighted by molar-refractivity contribution is 5.78. The molecule has 0 saturated carbocycles. The van der Waals surface area contributed by atoms with Crippen LogP contribution in [0.5, 0.6) is 0 Å². The number of ether oxygens (including phenoxy) is 1. The molecule has 0 spiro atoms. The summed E-state index contributed by atoms with van der Waals surface area (Å²) in [6.45, 7) is 8.95. The number of amides is 1. The summed E-state index contributed by atoms with van der Waals surface area (Å²) in [4.78, 5) is 15.0. The number of morpholine rings is 1. The van der Waals surface area contributed by atoms with Gasteiger partial charge in [-0.15, -0.1) is 10.2 Å². The first-order valence-corrected chi connectivity index (χ1v) is 8.64. The van der Waals surface area contributed by atoms with E-state index in [1.165, 1.54) is 0 Å². The molecule has 2 aromatic rings. The maximum absolute atomic E-state index is 13.1. The molecule has 1 amide bonds. The number of carbonyl (C=O) groups is 1. The van der Waals surface area contributed by atoms with Crippen molar-refractivity contribution in [1.29, 1.82) is 0 Å². The van der Waals surface area contributed by atoms with Crippen LogP contribution in [0.3, 0.4) is 0 Å². The Bertz CT molecular complexity index is 727. The summed E-state index contributed by atoms with van der Waals surface area (Å²) in [5.41, 5.74) is 0.675. The van der Waals surface area contributed by atoms with Crippen LogP contribution in [0, 0.1) is 6.92 Å². The van der Waals surface area contributed by atoms with Gasteiger partial charge in [0.05, 0.1) is 24.2 Å². The minimum absolute atomic E-state index is 0.0396. The zero-order chi connectivity index (χ0) is 18.0. The molecule has 0 N–H and O–H groups in total. The van der Waals surface area contributed by atoms with Crippen molar-refractivity contribution < 1.29 is 13.9 Å². The summed E-state index contributed by atoms with van der Waals surface area (Å²) in [5, 5.41) is 8.09. The lowest BCUT2D eigenvalue weighted by molar-refractivity contribution is -0.153. The summed E-state index contributed by atoms with van der Waals surface area (Å²) in [6.07, 6.45) is 0.333. The Morgan fingerprint density at radius 1 is 1.32 bits per heavy atom. The molecule has 2 heterocycles. The van der Waals surface area contributed by atoms with Gasteiger partial charge in [0.1, 0.15) is 0 Å². The predicted octanol–water partition coefficient (Wildman–Crippen LogP) is 2.93. The topological polar surface area (TPSA) is 68.5 Å². The second kappa shape index (κ2) is 6.96. The Morgan fingerprint density at radius 3 is 2.68 bits per heavy atom. The number of nitrogens with zero attached hydrogens (tertiary/aromatic N) is 3. The third-order valence-electron chi connectivity index (χ3n) is 4.61. The third kappa shape index (κ3) is 3.90. The number of carbonyl (C=O) groups excluding carboxylic acids is 1. The van der Waals surface area contributed by atoms with Crippen LogP contribution in [0.2, 0.25) is 0 Å². The molecular weight excluding hydrogens is 318 g/mol. The largest absolute Gasteiger partial charge is 0.425 e. The van der Waals surface area contributed by atoms with Crippen molar-refractivity contribution in [3.63, 3.8) is 0 Å². The van der Waals surface area contributed by atoms with Crippen LogP contribution in [0.15, 0.2) is 34.7 Å². The maximum atomic E-state index is 13.1. The molecule has 3 rings (SSSR count). The SMILES string of the molecule is Cc1nnc(C(CC(=O)N2CC(C)OCC2(C)C)c2ccccc2)o1. The second-order valence-electron chi connectivity index (χ2n) is 7.27. The van der Waals surface area contributed by atoms with E-state index in [9.17, 15) is 4.79 Å². The van der Waals surface area contributed by atoms with Crippen LogP contribution in [0.25, 0.3) is 0 Å². The van der Waals surface area contributed by atoms with Crippen LogP contribution in [0.4, 0.5) is 0 Å². The fourth-order valence-corrected chi connectivity index (χ4v) is 3.19. The molecule has 0 radical (unpaired) electrons. The highest BCUT2D eigenvalue weighted by Crippen LogP contribution is 2.30. The van der Waals surface area contributed by atoms with Crippen LogP contribution in [0.1, 0.15) is 50.5 Å². The molecule has 25 heavy (non-hydrogen) atoms. The first kappa shape index (κ1) is 17.6. The Morgan fingerprint density at radius 2 is 2.04 bits per heavy atom. The molecule has 1 aliphatic heterocycles. The number of benzene rings is 1. The summed E-state index contributed by atoms with van der Waals surface area (Å²) in [7, 11) is 0. The molecule has 1 aliphatic rings. The monoisotopic (exact) mass is 343 g/mol. The lowest BCUT2D eigenvalue weighted by Crippen LogP contribution is -2.58. The number of hydrogen-bond donors (Lipinski definition) is 0. The Hall–Kier alpha value is -2.21. The first-order chi connectivity index (χ1) is 11.9. The van der Waals surface area contributed by atoms with Gasteiger partial charge in [-0.1, -0.05) is 30.3 Å². The zero-order valence-corrected chi connectivity index (χ0v) is 15.2. The second-order valence-corrected chi connectivity index (χ2v) is 7.27. The third-order valence-corrected chi connectivity index (χ3v) is 4.61. The fourth-order valence-electron chi connectivity index (χ4n) is 3.19.